The number of carbonyl (C=O) groups is 2. The summed E-state index contributed by atoms with van der Waals surface area (Å²) >= 11 is 0. The number of anilines is 2. The lowest BCUT2D eigenvalue weighted by Gasteiger charge is -2.22. The number of nitrogens with one attached hydrogen (secondary N) is 1. The predicted molar refractivity (Wildman–Crippen MR) is 110 cm³/mol. The molecule has 1 aromatic carbocycles. The van der Waals surface area contributed by atoms with Crippen LogP contribution in [0.3, 0.4) is 0 Å². The number of halogens is 2. The van der Waals surface area contributed by atoms with Crippen LogP contribution in [0.15, 0.2) is 59.3 Å². The number of carbonyl (C=O) groups excluding carboxylic acids is 2. The van der Waals surface area contributed by atoms with Gasteiger partial charge in [0.15, 0.2) is 5.76 Å². The quantitative estimate of drug-likeness (QED) is 0.690. The first-order chi connectivity index (χ1) is 15.0. The van der Waals surface area contributed by atoms with Crippen molar-refractivity contribution in [1.29, 1.82) is 0 Å². The molecule has 0 saturated carbocycles. The summed E-state index contributed by atoms with van der Waals surface area (Å²) in [5, 5.41) is 2.55. The lowest BCUT2D eigenvalue weighted by molar-refractivity contribution is 0.0735. The first-order valence-corrected chi connectivity index (χ1v) is 9.81. The average Bonchev–Trinajstić information content (AvgIpc) is 3.18. The zero-order valence-corrected chi connectivity index (χ0v) is 16.6. The van der Waals surface area contributed by atoms with Crippen LogP contribution in [0.4, 0.5) is 20.3 Å². The molecule has 0 unspecified atom stereocenters. The van der Waals surface area contributed by atoms with E-state index in [2.05, 4.69) is 15.2 Å². The number of hydrogen-bond acceptors (Lipinski definition) is 5. The highest BCUT2D eigenvalue weighted by atomic mass is 19.1. The molecule has 0 bridgehead atoms. The first kappa shape index (κ1) is 20.5. The summed E-state index contributed by atoms with van der Waals surface area (Å²) in [5.74, 6) is -1.47. The van der Waals surface area contributed by atoms with Gasteiger partial charge in [0.25, 0.3) is 11.8 Å². The minimum atomic E-state index is -0.930. The molecule has 1 N–H and O–H groups in total. The number of benzene rings is 1. The topological polar surface area (TPSA) is 78.7 Å². The summed E-state index contributed by atoms with van der Waals surface area (Å²) in [7, 11) is 0. The lowest BCUT2D eigenvalue weighted by atomic mass is 10.2. The summed E-state index contributed by atoms with van der Waals surface area (Å²) in [5.41, 5.74) is 0.140. The molecule has 1 aliphatic heterocycles. The van der Waals surface area contributed by atoms with Gasteiger partial charge in [0.1, 0.15) is 17.5 Å². The Morgan fingerprint density at radius 3 is 2.61 bits per heavy atom. The third-order valence-corrected chi connectivity index (χ3v) is 5.02. The van der Waals surface area contributed by atoms with Gasteiger partial charge in [-0.15, -0.1) is 0 Å². The molecule has 3 heterocycles. The van der Waals surface area contributed by atoms with Crippen LogP contribution in [-0.4, -0.2) is 47.9 Å². The number of rotatable bonds is 4. The Hall–Kier alpha value is -3.75. The van der Waals surface area contributed by atoms with Gasteiger partial charge in [-0.3, -0.25) is 9.59 Å². The van der Waals surface area contributed by atoms with Crippen molar-refractivity contribution in [2.75, 3.05) is 36.4 Å². The van der Waals surface area contributed by atoms with Crippen LogP contribution >= 0.6 is 0 Å². The van der Waals surface area contributed by atoms with Crippen LogP contribution in [-0.2, 0) is 0 Å². The van der Waals surface area contributed by atoms with Crippen LogP contribution in [0.1, 0.15) is 27.3 Å². The van der Waals surface area contributed by atoms with Crippen molar-refractivity contribution in [2.45, 2.75) is 6.42 Å². The fourth-order valence-corrected chi connectivity index (χ4v) is 3.42. The minimum Gasteiger partial charge on any atom is -0.459 e. The zero-order chi connectivity index (χ0) is 21.8. The SMILES string of the molecule is O=C(Nc1ccc(N2CCCN(C(=O)c3ccco3)CC2)nc1)c1ccc(F)cc1F. The van der Waals surface area contributed by atoms with Gasteiger partial charge in [0.2, 0.25) is 0 Å². The van der Waals surface area contributed by atoms with Crippen molar-refractivity contribution in [3.8, 4) is 0 Å². The van der Waals surface area contributed by atoms with Gasteiger partial charge in [-0.2, -0.15) is 0 Å². The Morgan fingerprint density at radius 1 is 1.03 bits per heavy atom. The summed E-state index contributed by atoms with van der Waals surface area (Å²) in [6.07, 6.45) is 3.73. The second-order valence-corrected chi connectivity index (χ2v) is 7.09. The van der Waals surface area contributed by atoms with Crippen molar-refractivity contribution in [3.05, 3.63) is 77.9 Å². The standard InChI is InChI=1S/C22H20F2N4O3/c23-15-4-6-17(18(24)13-15)21(29)26-16-5-7-20(25-14-16)27-8-2-9-28(11-10-27)22(30)19-3-1-12-31-19/h1,3-7,12-14H,2,8-11H2,(H,26,29). The highest BCUT2D eigenvalue weighted by Crippen LogP contribution is 2.19. The van der Waals surface area contributed by atoms with E-state index >= 15 is 0 Å². The number of pyridine rings is 1. The smallest absolute Gasteiger partial charge is 0.289 e. The van der Waals surface area contributed by atoms with E-state index < -0.39 is 17.5 Å². The van der Waals surface area contributed by atoms with E-state index in [0.717, 1.165) is 25.1 Å². The van der Waals surface area contributed by atoms with Crippen LogP contribution < -0.4 is 10.2 Å². The second kappa shape index (κ2) is 8.95. The highest BCUT2D eigenvalue weighted by Gasteiger charge is 2.22. The van der Waals surface area contributed by atoms with Crippen LogP contribution in [0.5, 0.6) is 0 Å². The van der Waals surface area contributed by atoms with Crippen molar-refractivity contribution in [3.63, 3.8) is 0 Å². The Kier molecular flexibility index (Phi) is 5.92. The molecular formula is C22H20F2N4O3. The Bertz CT molecular complexity index is 1070. The largest absolute Gasteiger partial charge is 0.459 e. The van der Waals surface area contributed by atoms with Crippen molar-refractivity contribution < 1.29 is 22.8 Å². The Labute approximate surface area is 177 Å². The average molecular weight is 426 g/mol. The van der Waals surface area contributed by atoms with Gasteiger partial charge in [-0.25, -0.2) is 13.8 Å². The molecule has 2 amide bonds. The number of hydrogen-bond donors (Lipinski definition) is 1. The maximum absolute atomic E-state index is 13.8. The normalized spacial score (nSPS) is 14.3. The fourth-order valence-electron chi connectivity index (χ4n) is 3.42. The van der Waals surface area contributed by atoms with Gasteiger partial charge in [0, 0.05) is 32.2 Å². The molecule has 3 aromatic rings. The van der Waals surface area contributed by atoms with Crippen molar-refractivity contribution in [2.24, 2.45) is 0 Å². The predicted octanol–water partition coefficient (Wildman–Crippen LogP) is 3.56. The molecule has 7 nitrogen and oxygen atoms in total. The van der Waals surface area contributed by atoms with E-state index in [0.29, 0.717) is 43.0 Å². The maximum Gasteiger partial charge on any atom is 0.289 e. The van der Waals surface area contributed by atoms with E-state index in [4.69, 9.17) is 4.42 Å². The van der Waals surface area contributed by atoms with Crippen LogP contribution in [0.2, 0.25) is 0 Å². The molecule has 4 rings (SSSR count). The Balaban J connectivity index is 1.38. The third kappa shape index (κ3) is 4.71. The monoisotopic (exact) mass is 426 g/mol. The maximum atomic E-state index is 13.8. The molecule has 0 radical (unpaired) electrons. The summed E-state index contributed by atoms with van der Waals surface area (Å²) in [6.45, 7) is 2.48. The number of nitrogens with zero attached hydrogens (tertiary/aromatic N) is 3. The first-order valence-electron chi connectivity index (χ1n) is 9.81. The van der Waals surface area contributed by atoms with Gasteiger partial charge in [0.05, 0.1) is 23.7 Å². The Morgan fingerprint density at radius 2 is 1.90 bits per heavy atom. The molecule has 1 fully saturated rings. The molecule has 0 spiro atoms. The third-order valence-electron chi connectivity index (χ3n) is 5.02. The van der Waals surface area contributed by atoms with Crippen LogP contribution in [0, 0.1) is 11.6 Å². The van der Waals surface area contributed by atoms with Gasteiger partial charge in [-0.1, -0.05) is 0 Å². The van der Waals surface area contributed by atoms with E-state index in [1.165, 1.54) is 12.5 Å². The number of furan rings is 1. The summed E-state index contributed by atoms with van der Waals surface area (Å²) in [6, 6.07) is 9.53. The zero-order valence-electron chi connectivity index (χ0n) is 16.6. The summed E-state index contributed by atoms with van der Waals surface area (Å²) in [4.78, 5) is 32.9. The molecule has 1 aliphatic rings. The molecule has 9 heteroatoms. The van der Waals surface area contributed by atoms with E-state index in [1.807, 2.05) is 0 Å². The lowest BCUT2D eigenvalue weighted by Crippen LogP contribution is -2.35. The number of amides is 2. The molecule has 160 valence electrons. The van der Waals surface area contributed by atoms with Gasteiger partial charge < -0.3 is 19.5 Å². The molecular weight excluding hydrogens is 406 g/mol. The molecule has 0 aliphatic carbocycles. The molecule has 31 heavy (non-hydrogen) atoms. The van der Waals surface area contributed by atoms with E-state index in [9.17, 15) is 18.4 Å². The van der Waals surface area contributed by atoms with Gasteiger partial charge in [-0.05, 0) is 42.8 Å². The fraction of sp³-hybridized carbons (Fsp3) is 0.227. The number of aromatic nitrogens is 1. The van der Waals surface area contributed by atoms with E-state index in [1.54, 1.807) is 29.2 Å². The summed E-state index contributed by atoms with van der Waals surface area (Å²) < 4.78 is 32.0. The molecule has 0 atom stereocenters. The van der Waals surface area contributed by atoms with E-state index in [-0.39, 0.29) is 11.5 Å². The van der Waals surface area contributed by atoms with Gasteiger partial charge >= 0.3 is 0 Å². The molecule has 2 aromatic heterocycles. The minimum absolute atomic E-state index is 0.133. The van der Waals surface area contributed by atoms with Crippen molar-refractivity contribution in [1.82, 2.24) is 9.88 Å². The second-order valence-electron chi connectivity index (χ2n) is 7.09. The highest BCUT2D eigenvalue weighted by molar-refractivity contribution is 6.04. The molecule has 1 saturated heterocycles. The van der Waals surface area contributed by atoms with Crippen molar-refractivity contribution >= 4 is 23.3 Å². The van der Waals surface area contributed by atoms with Crippen LogP contribution in [0.25, 0.3) is 0 Å².